The summed E-state index contributed by atoms with van der Waals surface area (Å²) in [6, 6.07) is 6.77. The van der Waals surface area contributed by atoms with Crippen LogP contribution in [0.25, 0.3) is 0 Å². The average molecular weight is 303 g/mol. The van der Waals surface area contributed by atoms with Crippen LogP contribution >= 0.6 is 0 Å². The van der Waals surface area contributed by atoms with Gasteiger partial charge < -0.3 is 4.74 Å². The van der Waals surface area contributed by atoms with E-state index in [0.29, 0.717) is 0 Å². The van der Waals surface area contributed by atoms with Crippen molar-refractivity contribution in [1.29, 1.82) is 0 Å². The first-order valence-corrected chi connectivity index (χ1v) is 6.78. The zero-order valence-corrected chi connectivity index (χ0v) is 10.6. The van der Waals surface area contributed by atoms with Gasteiger partial charge in [0.2, 0.25) is 9.84 Å². The third-order valence-corrected chi connectivity index (χ3v) is 4.07. The van der Waals surface area contributed by atoms with Gasteiger partial charge in [0.05, 0.1) is 9.79 Å². The van der Waals surface area contributed by atoms with Crippen LogP contribution in [0.4, 0.5) is 13.2 Å². The molecule has 4 nitrogen and oxygen atoms in total. The zero-order valence-electron chi connectivity index (χ0n) is 9.83. The van der Waals surface area contributed by atoms with Crippen LogP contribution in [0.1, 0.15) is 0 Å². The highest BCUT2D eigenvalue weighted by Gasteiger charge is 2.31. The molecule has 0 bridgehead atoms. The average Bonchev–Trinajstić information content (AvgIpc) is 2.38. The quantitative estimate of drug-likeness (QED) is 0.875. The molecular weight excluding hydrogens is 295 g/mol. The highest BCUT2D eigenvalue weighted by Crippen LogP contribution is 2.26. The maximum absolute atomic E-state index is 12.1. The molecule has 0 aliphatic carbocycles. The molecular formula is C12H8F3NO3S. The Hall–Kier alpha value is -2.09. The van der Waals surface area contributed by atoms with Crippen LogP contribution in [0, 0.1) is 0 Å². The summed E-state index contributed by atoms with van der Waals surface area (Å²) in [5.41, 5.74) is 0. The maximum atomic E-state index is 12.1. The second-order valence-corrected chi connectivity index (χ2v) is 5.66. The minimum Gasteiger partial charge on any atom is -0.406 e. The molecule has 0 amide bonds. The molecule has 0 fully saturated rings. The number of pyridine rings is 1. The van der Waals surface area contributed by atoms with Gasteiger partial charge in [-0.05, 0) is 36.4 Å². The number of rotatable bonds is 3. The lowest BCUT2D eigenvalue weighted by molar-refractivity contribution is -0.274. The van der Waals surface area contributed by atoms with Gasteiger partial charge >= 0.3 is 6.36 Å². The fourth-order valence-corrected chi connectivity index (χ4v) is 2.69. The van der Waals surface area contributed by atoms with Gasteiger partial charge in [0.25, 0.3) is 0 Å². The standard InChI is InChI=1S/C12H8F3NO3S/c13-12(14,15)19-9-3-5-10(6-4-9)20(17,18)11-2-1-7-16-8-11/h1-8H. The monoisotopic (exact) mass is 303 g/mol. The van der Waals surface area contributed by atoms with Gasteiger partial charge in [-0.2, -0.15) is 0 Å². The molecule has 0 aliphatic heterocycles. The van der Waals surface area contributed by atoms with Crippen LogP contribution < -0.4 is 4.74 Å². The third kappa shape index (κ3) is 3.27. The maximum Gasteiger partial charge on any atom is 0.573 e. The largest absolute Gasteiger partial charge is 0.573 e. The van der Waals surface area contributed by atoms with Crippen molar-refractivity contribution >= 4 is 9.84 Å². The van der Waals surface area contributed by atoms with Crippen molar-refractivity contribution in [2.75, 3.05) is 0 Å². The highest BCUT2D eigenvalue weighted by atomic mass is 32.2. The number of aromatic nitrogens is 1. The first kappa shape index (κ1) is 14.3. The van der Waals surface area contributed by atoms with E-state index < -0.39 is 21.9 Å². The Balaban J connectivity index is 2.31. The van der Waals surface area contributed by atoms with Gasteiger partial charge in [-0.3, -0.25) is 4.98 Å². The number of benzene rings is 1. The number of ether oxygens (including phenoxy) is 1. The van der Waals surface area contributed by atoms with Crippen molar-refractivity contribution in [2.45, 2.75) is 16.2 Å². The van der Waals surface area contributed by atoms with Crippen LogP contribution in [-0.2, 0) is 9.84 Å². The molecule has 0 aliphatic rings. The molecule has 0 saturated heterocycles. The summed E-state index contributed by atoms with van der Waals surface area (Å²) in [7, 11) is -3.80. The summed E-state index contributed by atoms with van der Waals surface area (Å²) in [6.07, 6.45) is -2.24. The van der Waals surface area contributed by atoms with Gasteiger partial charge in [0.15, 0.2) is 0 Å². The lowest BCUT2D eigenvalue weighted by Gasteiger charge is -2.09. The summed E-state index contributed by atoms with van der Waals surface area (Å²) in [5, 5.41) is 0. The molecule has 2 aromatic rings. The van der Waals surface area contributed by atoms with Crippen molar-refractivity contribution in [1.82, 2.24) is 4.98 Å². The van der Waals surface area contributed by atoms with Gasteiger partial charge in [0, 0.05) is 12.4 Å². The van der Waals surface area contributed by atoms with E-state index in [9.17, 15) is 21.6 Å². The number of hydrogen-bond acceptors (Lipinski definition) is 4. The molecule has 8 heteroatoms. The van der Waals surface area contributed by atoms with Crippen molar-refractivity contribution in [3.05, 3.63) is 48.8 Å². The summed E-state index contributed by atoms with van der Waals surface area (Å²) < 4.78 is 63.9. The van der Waals surface area contributed by atoms with Crippen LogP contribution in [-0.4, -0.2) is 19.8 Å². The Kier molecular flexibility index (Phi) is 3.67. The SMILES string of the molecule is O=S(=O)(c1ccc(OC(F)(F)F)cc1)c1cccnc1. The smallest absolute Gasteiger partial charge is 0.406 e. The van der Waals surface area contributed by atoms with Crippen LogP contribution in [0.3, 0.4) is 0 Å². The Morgan fingerprint density at radius 1 is 1.00 bits per heavy atom. The van der Waals surface area contributed by atoms with E-state index in [2.05, 4.69) is 9.72 Å². The Morgan fingerprint density at radius 3 is 2.15 bits per heavy atom. The molecule has 0 atom stereocenters. The van der Waals surface area contributed by atoms with E-state index in [4.69, 9.17) is 0 Å². The van der Waals surface area contributed by atoms with Gasteiger partial charge in [-0.25, -0.2) is 8.42 Å². The molecule has 2 rings (SSSR count). The van der Waals surface area contributed by atoms with E-state index in [0.717, 1.165) is 30.5 Å². The number of alkyl halides is 3. The summed E-state index contributed by atoms with van der Waals surface area (Å²) >= 11 is 0. The molecule has 0 spiro atoms. The number of sulfone groups is 1. The van der Waals surface area contributed by atoms with Gasteiger partial charge in [0.1, 0.15) is 5.75 Å². The van der Waals surface area contributed by atoms with E-state index in [1.807, 2.05) is 0 Å². The molecule has 1 aromatic carbocycles. The number of halogens is 3. The van der Waals surface area contributed by atoms with E-state index >= 15 is 0 Å². The van der Waals surface area contributed by atoms with Crippen LogP contribution in [0.15, 0.2) is 58.6 Å². The lowest BCUT2D eigenvalue weighted by Crippen LogP contribution is -2.17. The number of hydrogen-bond donors (Lipinski definition) is 0. The molecule has 1 aromatic heterocycles. The molecule has 20 heavy (non-hydrogen) atoms. The molecule has 0 N–H and O–H groups in total. The second-order valence-electron chi connectivity index (χ2n) is 3.71. The molecule has 106 valence electrons. The predicted molar refractivity (Wildman–Crippen MR) is 62.8 cm³/mol. The molecule has 0 saturated carbocycles. The number of nitrogens with zero attached hydrogens (tertiary/aromatic N) is 1. The molecule has 0 unspecified atom stereocenters. The third-order valence-electron chi connectivity index (χ3n) is 2.31. The summed E-state index contributed by atoms with van der Waals surface area (Å²) in [6.45, 7) is 0. The topological polar surface area (TPSA) is 56.3 Å². The summed E-state index contributed by atoms with van der Waals surface area (Å²) in [4.78, 5) is 3.51. The van der Waals surface area contributed by atoms with Crippen LogP contribution in [0.5, 0.6) is 5.75 Å². The Labute approximate surface area is 112 Å². The van der Waals surface area contributed by atoms with Crippen molar-refractivity contribution in [3.63, 3.8) is 0 Å². The first-order chi connectivity index (χ1) is 9.29. The Bertz CT molecular complexity index is 682. The van der Waals surface area contributed by atoms with E-state index in [1.165, 1.54) is 18.3 Å². The second kappa shape index (κ2) is 5.12. The highest BCUT2D eigenvalue weighted by molar-refractivity contribution is 7.91. The van der Waals surface area contributed by atoms with Crippen molar-refractivity contribution in [2.24, 2.45) is 0 Å². The molecule has 0 radical (unpaired) electrons. The van der Waals surface area contributed by atoms with Gasteiger partial charge in [-0.1, -0.05) is 0 Å². The lowest BCUT2D eigenvalue weighted by atomic mass is 10.3. The van der Waals surface area contributed by atoms with Gasteiger partial charge in [-0.15, -0.1) is 13.2 Å². The minimum atomic E-state index is -4.82. The minimum absolute atomic E-state index is 0.0375. The fraction of sp³-hybridized carbons (Fsp3) is 0.0833. The predicted octanol–water partition coefficient (Wildman–Crippen LogP) is 2.81. The van der Waals surface area contributed by atoms with Crippen molar-refractivity contribution in [3.8, 4) is 5.75 Å². The van der Waals surface area contributed by atoms with Crippen molar-refractivity contribution < 1.29 is 26.3 Å². The fourth-order valence-electron chi connectivity index (χ4n) is 1.46. The van der Waals surface area contributed by atoms with Crippen LogP contribution in [0.2, 0.25) is 0 Å². The Morgan fingerprint density at radius 2 is 1.65 bits per heavy atom. The van der Waals surface area contributed by atoms with E-state index in [1.54, 1.807) is 0 Å². The first-order valence-electron chi connectivity index (χ1n) is 5.30. The van der Waals surface area contributed by atoms with E-state index in [-0.39, 0.29) is 9.79 Å². The molecule has 1 heterocycles. The zero-order chi connectivity index (χ0) is 14.8. The normalized spacial score (nSPS) is 12.2. The summed E-state index contributed by atoms with van der Waals surface area (Å²) in [5.74, 6) is -0.484.